The first-order valence-electron chi connectivity index (χ1n) is 7.65. The van der Waals surface area contributed by atoms with E-state index in [-0.39, 0.29) is 5.91 Å². The fourth-order valence-electron chi connectivity index (χ4n) is 2.88. The SMILES string of the molecule is CC(=O)N(C)C1CCN(CC(O)c2ccc(C#N)cc2)CC1. The van der Waals surface area contributed by atoms with Gasteiger partial charge in [-0.1, -0.05) is 12.1 Å². The van der Waals surface area contributed by atoms with E-state index < -0.39 is 6.10 Å². The average Bonchev–Trinajstić information content (AvgIpc) is 2.54. The minimum Gasteiger partial charge on any atom is -0.387 e. The number of β-amino-alcohol motifs (C(OH)–C–C–N with tert-alkyl or cyclic N) is 1. The monoisotopic (exact) mass is 301 g/mol. The fourth-order valence-corrected chi connectivity index (χ4v) is 2.88. The van der Waals surface area contributed by atoms with Crippen LogP contribution in [-0.4, -0.2) is 53.5 Å². The van der Waals surface area contributed by atoms with Crippen LogP contribution >= 0.6 is 0 Å². The normalized spacial score (nSPS) is 17.7. The molecule has 1 saturated heterocycles. The van der Waals surface area contributed by atoms with Gasteiger partial charge in [-0.05, 0) is 30.5 Å². The number of hydrogen-bond donors (Lipinski definition) is 1. The molecule has 0 aliphatic carbocycles. The summed E-state index contributed by atoms with van der Waals surface area (Å²) in [5.41, 5.74) is 1.44. The molecule has 118 valence electrons. The molecule has 22 heavy (non-hydrogen) atoms. The number of carbonyl (C=O) groups excluding carboxylic acids is 1. The third kappa shape index (κ3) is 4.06. The third-order valence-corrected chi connectivity index (χ3v) is 4.46. The number of aliphatic hydroxyl groups excluding tert-OH is 1. The molecule has 1 heterocycles. The number of likely N-dealkylation sites (tertiary alicyclic amines) is 1. The minimum absolute atomic E-state index is 0.107. The number of benzene rings is 1. The molecule has 1 amide bonds. The van der Waals surface area contributed by atoms with Crippen LogP contribution < -0.4 is 0 Å². The minimum atomic E-state index is -0.546. The van der Waals surface area contributed by atoms with Crippen LogP contribution in [0.15, 0.2) is 24.3 Å². The summed E-state index contributed by atoms with van der Waals surface area (Å²) >= 11 is 0. The Balaban J connectivity index is 1.85. The van der Waals surface area contributed by atoms with Crippen molar-refractivity contribution in [3.63, 3.8) is 0 Å². The second kappa shape index (κ2) is 7.39. The van der Waals surface area contributed by atoms with Crippen molar-refractivity contribution in [2.45, 2.75) is 31.9 Å². The van der Waals surface area contributed by atoms with E-state index in [1.807, 2.05) is 11.9 Å². The van der Waals surface area contributed by atoms with Gasteiger partial charge in [0.25, 0.3) is 0 Å². The Morgan fingerprint density at radius 2 is 2.00 bits per heavy atom. The predicted molar refractivity (Wildman–Crippen MR) is 84.0 cm³/mol. The molecule has 0 spiro atoms. The highest BCUT2D eigenvalue weighted by Gasteiger charge is 2.25. The van der Waals surface area contributed by atoms with Crippen LogP contribution in [0, 0.1) is 11.3 Å². The standard InChI is InChI=1S/C17H23N3O2/c1-13(21)19(2)16-7-9-20(10-8-16)12-17(22)15-5-3-14(11-18)4-6-15/h3-6,16-17,22H,7-10,12H2,1-2H3. The summed E-state index contributed by atoms with van der Waals surface area (Å²) in [5.74, 6) is 0.107. The smallest absolute Gasteiger partial charge is 0.219 e. The fraction of sp³-hybridized carbons (Fsp3) is 0.529. The molecule has 5 nitrogen and oxygen atoms in total. The maximum absolute atomic E-state index is 11.4. The molecule has 1 atom stereocenters. The Morgan fingerprint density at radius 1 is 1.41 bits per heavy atom. The van der Waals surface area contributed by atoms with Crippen LogP contribution in [0.3, 0.4) is 0 Å². The van der Waals surface area contributed by atoms with E-state index in [4.69, 9.17) is 5.26 Å². The van der Waals surface area contributed by atoms with Crippen LogP contribution in [0.1, 0.15) is 37.0 Å². The summed E-state index contributed by atoms with van der Waals surface area (Å²) in [6, 6.07) is 9.45. The molecule has 1 unspecified atom stereocenters. The maximum atomic E-state index is 11.4. The first-order valence-corrected chi connectivity index (χ1v) is 7.65. The molecular weight excluding hydrogens is 278 g/mol. The second-order valence-corrected chi connectivity index (χ2v) is 5.91. The van der Waals surface area contributed by atoms with E-state index in [2.05, 4.69) is 11.0 Å². The van der Waals surface area contributed by atoms with Crippen molar-refractivity contribution in [1.29, 1.82) is 5.26 Å². The van der Waals surface area contributed by atoms with Gasteiger partial charge in [-0.25, -0.2) is 0 Å². The first kappa shape index (κ1) is 16.5. The molecule has 0 saturated carbocycles. The Morgan fingerprint density at radius 3 is 2.50 bits per heavy atom. The van der Waals surface area contributed by atoms with Crippen LogP contribution in [0.4, 0.5) is 0 Å². The molecule has 0 aromatic heterocycles. The Hall–Kier alpha value is -1.90. The van der Waals surface area contributed by atoms with E-state index in [9.17, 15) is 9.90 Å². The summed E-state index contributed by atoms with van der Waals surface area (Å²) < 4.78 is 0. The van der Waals surface area contributed by atoms with Gasteiger partial charge in [-0.3, -0.25) is 4.79 Å². The lowest BCUT2D eigenvalue weighted by Crippen LogP contribution is -2.45. The van der Waals surface area contributed by atoms with Gasteiger partial charge < -0.3 is 14.9 Å². The molecule has 1 aliphatic heterocycles. The maximum Gasteiger partial charge on any atom is 0.219 e. The Bertz CT molecular complexity index is 542. The lowest BCUT2D eigenvalue weighted by Gasteiger charge is -2.37. The number of carbonyl (C=O) groups is 1. The van der Waals surface area contributed by atoms with Crippen LogP contribution in [-0.2, 0) is 4.79 Å². The quantitative estimate of drug-likeness (QED) is 0.916. The van der Waals surface area contributed by atoms with Gasteiger partial charge in [0.05, 0.1) is 17.7 Å². The largest absolute Gasteiger partial charge is 0.387 e. The molecule has 1 fully saturated rings. The zero-order chi connectivity index (χ0) is 16.1. The van der Waals surface area contributed by atoms with E-state index in [1.165, 1.54) is 0 Å². The van der Waals surface area contributed by atoms with E-state index in [1.54, 1.807) is 31.2 Å². The van der Waals surface area contributed by atoms with Crippen LogP contribution in [0.5, 0.6) is 0 Å². The molecule has 1 N–H and O–H groups in total. The zero-order valence-electron chi connectivity index (χ0n) is 13.2. The highest BCUT2D eigenvalue weighted by Crippen LogP contribution is 2.20. The number of rotatable bonds is 4. The molecule has 1 aromatic carbocycles. The summed E-state index contributed by atoms with van der Waals surface area (Å²) in [5, 5.41) is 19.1. The van der Waals surface area contributed by atoms with Crippen molar-refractivity contribution < 1.29 is 9.90 Å². The summed E-state index contributed by atoms with van der Waals surface area (Å²) in [6.07, 6.45) is 1.33. The van der Waals surface area contributed by atoms with Gasteiger partial charge in [-0.15, -0.1) is 0 Å². The lowest BCUT2D eigenvalue weighted by molar-refractivity contribution is -0.130. The molecule has 0 radical (unpaired) electrons. The van der Waals surface area contributed by atoms with Crippen LogP contribution in [0.25, 0.3) is 0 Å². The van der Waals surface area contributed by atoms with E-state index in [0.29, 0.717) is 18.2 Å². The highest BCUT2D eigenvalue weighted by molar-refractivity contribution is 5.73. The Labute approximate surface area is 131 Å². The van der Waals surface area contributed by atoms with Gasteiger partial charge in [0.2, 0.25) is 5.91 Å². The summed E-state index contributed by atoms with van der Waals surface area (Å²) in [4.78, 5) is 15.4. The van der Waals surface area contributed by atoms with Crippen LogP contribution in [0.2, 0.25) is 0 Å². The molecule has 1 aliphatic rings. The molecule has 2 rings (SSSR count). The molecule has 0 bridgehead atoms. The number of aliphatic hydroxyl groups is 1. The summed E-state index contributed by atoms with van der Waals surface area (Å²) in [6.45, 7) is 3.95. The number of nitriles is 1. The van der Waals surface area contributed by atoms with Crippen molar-refractivity contribution in [2.24, 2.45) is 0 Å². The van der Waals surface area contributed by atoms with Gasteiger partial charge >= 0.3 is 0 Å². The summed E-state index contributed by atoms with van der Waals surface area (Å²) in [7, 11) is 1.86. The van der Waals surface area contributed by atoms with E-state index >= 15 is 0 Å². The van der Waals surface area contributed by atoms with Crippen molar-refractivity contribution >= 4 is 5.91 Å². The predicted octanol–water partition coefficient (Wildman–Crippen LogP) is 1.53. The highest BCUT2D eigenvalue weighted by atomic mass is 16.3. The van der Waals surface area contributed by atoms with Crippen molar-refractivity contribution in [3.05, 3.63) is 35.4 Å². The van der Waals surface area contributed by atoms with E-state index in [0.717, 1.165) is 31.5 Å². The lowest BCUT2D eigenvalue weighted by atomic mass is 10.0. The van der Waals surface area contributed by atoms with Gasteiger partial charge in [0.1, 0.15) is 0 Å². The zero-order valence-corrected chi connectivity index (χ0v) is 13.2. The second-order valence-electron chi connectivity index (χ2n) is 5.91. The average molecular weight is 301 g/mol. The Kier molecular flexibility index (Phi) is 5.53. The topological polar surface area (TPSA) is 67.6 Å². The number of hydrogen-bond acceptors (Lipinski definition) is 4. The number of piperidine rings is 1. The molecule has 1 aromatic rings. The molecular formula is C17H23N3O2. The van der Waals surface area contributed by atoms with Gasteiger partial charge in [0, 0.05) is 39.6 Å². The van der Waals surface area contributed by atoms with Crippen molar-refractivity contribution in [2.75, 3.05) is 26.7 Å². The number of nitrogens with zero attached hydrogens (tertiary/aromatic N) is 3. The van der Waals surface area contributed by atoms with Crippen molar-refractivity contribution in [3.8, 4) is 6.07 Å². The molecule has 5 heteroatoms. The van der Waals surface area contributed by atoms with Gasteiger partial charge in [-0.2, -0.15) is 5.26 Å². The van der Waals surface area contributed by atoms with Crippen molar-refractivity contribution in [1.82, 2.24) is 9.80 Å². The number of amides is 1. The first-order chi connectivity index (χ1) is 10.5. The van der Waals surface area contributed by atoms with Gasteiger partial charge in [0.15, 0.2) is 0 Å². The third-order valence-electron chi connectivity index (χ3n) is 4.46.